The van der Waals surface area contributed by atoms with Gasteiger partial charge in [0.2, 0.25) is 0 Å². The van der Waals surface area contributed by atoms with Crippen LogP contribution in [0, 0.1) is 0 Å². The maximum atomic E-state index is 12.2. The van der Waals surface area contributed by atoms with Crippen molar-refractivity contribution < 1.29 is 13.9 Å². The SMILES string of the molecule is CCNC(=NCc1cccc(NC(=O)C2CCCO2)c1)NCCc1ccco1.I. The van der Waals surface area contributed by atoms with Gasteiger partial charge in [-0.3, -0.25) is 4.79 Å². The smallest absolute Gasteiger partial charge is 0.253 e. The first-order chi connectivity index (χ1) is 13.7. The molecule has 0 aliphatic carbocycles. The molecule has 8 heteroatoms. The van der Waals surface area contributed by atoms with Crippen molar-refractivity contribution >= 4 is 41.5 Å². The Hall–Kier alpha value is -2.07. The second-order valence-electron chi connectivity index (χ2n) is 6.64. The van der Waals surface area contributed by atoms with Crippen LogP contribution in [0.15, 0.2) is 52.1 Å². The molecule has 1 saturated heterocycles. The van der Waals surface area contributed by atoms with E-state index in [2.05, 4.69) is 20.9 Å². The molecule has 1 amide bonds. The molecule has 1 aromatic carbocycles. The van der Waals surface area contributed by atoms with Gasteiger partial charge in [0.05, 0.1) is 12.8 Å². The van der Waals surface area contributed by atoms with E-state index in [4.69, 9.17) is 9.15 Å². The van der Waals surface area contributed by atoms with Crippen LogP contribution in [0.4, 0.5) is 5.69 Å². The number of nitrogens with zero attached hydrogens (tertiary/aromatic N) is 1. The van der Waals surface area contributed by atoms with Crippen molar-refractivity contribution in [2.24, 2.45) is 4.99 Å². The number of benzene rings is 1. The van der Waals surface area contributed by atoms with Gasteiger partial charge in [-0.1, -0.05) is 12.1 Å². The second kappa shape index (κ2) is 12.5. The van der Waals surface area contributed by atoms with Crippen LogP contribution < -0.4 is 16.0 Å². The molecule has 7 nitrogen and oxygen atoms in total. The topological polar surface area (TPSA) is 87.9 Å². The van der Waals surface area contributed by atoms with Gasteiger partial charge in [-0.15, -0.1) is 24.0 Å². The molecule has 0 spiro atoms. The number of carbonyl (C=O) groups excluding carboxylic acids is 1. The van der Waals surface area contributed by atoms with E-state index in [0.29, 0.717) is 13.2 Å². The van der Waals surface area contributed by atoms with Gasteiger partial charge in [0.15, 0.2) is 5.96 Å². The minimum Gasteiger partial charge on any atom is -0.469 e. The predicted molar refractivity (Wildman–Crippen MR) is 125 cm³/mol. The number of rotatable bonds is 8. The lowest BCUT2D eigenvalue weighted by Gasteiger charge is -2.12. The van der Waals surface area contributed by atoms with Crippen molar-refractivity contribution in [1.29, 1.82) is 0 Å². The van der Waals surface area contributed by atoms with Gasteiger partial charge in [-0.2, -0.15) is 0 Å². The molecule has 1 unspecified atom stereocenters. The number of halogens is 1. The van der Waals surface area contributed by atoms with Crippen molar-refractivity contribution in [3.05, 3.63) is 54.0 Å². The Morgan fingerprint density at radius 2 is 2.14 bits per heavy atom. The van der Waals surface area contributed by atoms with E-state index in [-0.39, 0.29) is 36.0 Å². The standard InChI is InChI=1S/C21H28N4O3.HI/c1-2-22-21(23-11-10-18-8-4-12-27-18)24-15-16-6-3-7-17(14-16)25-20(26)19-9-5-13-28-19;/h3-4,6-8,12,14,19H,2,5,9-11,13,15H2,1H3,(H,25,26)(H2,22,23,24);1H. The summed E-state index contributed by atoms with van der Waals surface area (Å²) in [6.45, 7) is 4.72. The van der Waals surface area contributed by atoms with Gasteiger partial charge in [0.25, 0.3) is 5.91 Å². The lowest BCUT2D eigenvalue weighted by molar-refractivity contribution is -0.124. The Kier molecular flexibility index (Phi) is 9.99. The van der Waals surface area contributed by atoms with Gasteiger partial charge in [0, 0.05) is 31.8 Å². The van der Waals surface area contributed by atoms with Crippen LogP contribution in [-0.2, 0) is 22.5 Å². The number of guanidine groups is 1. The summed E-state index contributed by atoms with van der Waals surface area (Å²) in [6, 6.07) is 11.6. The van der Waals surface area contributed by atoms with Crippen LogP contribution in [0.2, 0.25) is 0 Å². The van der Waals surface area contributed by atoms with Crippen molar-refractivity contribution in [3.63, 3.8) is 0 Å². The molecular weight excluding hydrogens is 483 g/mol. The quantitative estimate of drug-likeness (QED) is 0.287. The van der Waals surface area contributed by atoms with Crippen LogP contribution >= 0.6 is 24.0 Å². The van der Waals surface area contributed by atoms with Crippen LogP contribution in [0.25, 0.3) is 0 Å². The summed E-state index contributed by atoms with van der Waals surface area (Å²) in [5.74, 6) is 1.62. The zero-order valence-corrected chi connectivity index (χ0v) is 19.0. The summed E-state index contributed by atoms with van der Waals surface area (Å²) in [7, 11) is 0. The number of amides is 1. The largest absolute Gasteiger partial charge is 0.469 e. The summed E-state index contributed by atoms with van der Waals surface area (Å²) in [5.41, 5.74) is 1.79. The molecule has 2 heterocycles. The number of hydrogen-bond donors (Lipinski definition) is 3. The molecule has 1 atom stereocenters. The summed E-state index contributed by atoms with van der Waals surface area (Å²) < 4.78 is 10.8. The first-order valence-corrected chi connectivity index (χ1v) is 9.80. The third kappa shape index (κ3) is 7.69. The molecule has 1 aliphatic rings. The highest BCUT2D eigenvalue weighted by molar-refractivity contribution is 14.0. The maximum Gasteiger partial charge on any atom is 0.253 e. The van der Waals surface area contributed by atoms with Crippen molar-refractivity contribution in [1.82, 2.24) is 10.6 Å². The molecule has 2 aromatic rings. The Morgan fingerprint density at radius 3 is 2.86 bits per heavy atom. The minimum absolute atomic E-state index is 0. The highest BCUT2D eigenvalue weighted by Gasteiger charge is 2.23. The average Bonchev–Trinajstić information content (AvgIpc) is 3.40. The third-order valence-electron chi connectivity index (χ3n) is 4.42. The van der Waals surface area contributed by atoms with Crippen LogP contribution in [0.3, 0.4) is 0 Å². The highest BCUT2D eigenvalue weighted by atomic mass is 127. The fourth-order valence-corrected chi connectivity index (χ4v) is 3.03. The van der Waals surface area contributed by atoms with Gasteiger partial charge < -0.3 is 25.1 Å². The first kappa shape index (κ1) is 23.2. The van der Waals surface area contributed by atoms with Gasteiger partial charge >= 0.3 is 0 Å². The fourth-order valence-electron chi connectivity index (χ4n) is 3.03. The number of aliphatic imine (C=N–C) groups is 1. The van der Waals surface area contributed by atoms with Gasteiger partial charge in [-0.05, 0) is 49.6 Å². The number of carbonyl (C=O) groups is 1. The Balaban J connectivity index is 0.00000300. The van der Waals surface area contributed by atoms with Gasteiger partial charge in [0.1, 0.15) is 11.9 Å². The normalized spacial score (nSPS) is 16.2. The highest BCUT2D eigenvalue weighted by Crippen LogP contribution is 2.16. The Labute approximate surface area is 188 Å². The molecular formula is C21H29IN4O3. The van der Waals surface area contributed by atoms with E-state index in [1.807, 2.05) is 43.3 Å². The third-order valence-corrected chi connectivity index (χ3v) is 4.42. The fraction of sp³-hybridized carbons (Fsp3) is 0.429. The number of anilines is 1. The molecule has 1 aromatic heterocycles. The summed E-state index contributed by atoms with van der Waals surface area (Å²) >= 11 is 0. The van der Waals surface area contributed by atoms with Crippen molar-refractivity contribution in [2.75, 3.05) is 25.0 Å². The zero-order chi connectivity index (χ0) is 19.6. The Morgan fingerprint density at radius 1 is 1.24 bits per heavy atom. The van der Waals surface area contributed by atoms with Crippen LogP contribution in [0.1, 0.15) is 31.1 Å². The summed E-state index contributed by atoms with van der Waals surface area (Å²) in [4.78, 5) is 16.8. The van der Waals surface area contributed by atoms with Crippen LogP contribution in [0.5, 0.6) is 0 Å². The number of nitrogens with one attached hydrogen (secondary N) is 3. The summed E-state index contributed by atoms with van der Waals surface area (Å²) in [6.07, 6.45) is 3.86. The van der Waals surface area contributed by atoms with Crippen molar-refractivity contribution in [2.45, 2.75) is 38.8 Å². The second-order valence-corrected chi connectivity index (χ2v) is 6.64. The van der Waals surface area contributed by atoms with E-state index < -0.39 is 0 Å². The molecule has 3 rings (SSSR count). The maximum absolute atomic E-state index is 12.2. The monoisotopic (exact) mass is 512 g/mol. The molecule has 1 fully saturated rings. The average molecular weight is 512 g/mol. The molecule has 0 bridgehead atoms. The van der Waals surface area contributed by atoms with E-state index in [1.54, 1.807) is 6.26 Å². The summed E-state index contributed by atoms with van der Waals surface area (Å²) in [5, 5.41) is 9.48. The van der Waals surface area contributed by atoms with E-state index in [9.17, 15) is 4.79 Å². The van der Waals surface area contributed by atoms with E-state index in [0.717, 1.165) is 55.3 Å². The van der Waals surface area contributed by atoms with E-state index in [1.165, 1.54) is 0 Å². The molecule has 1 aliphatic heterocycles. The van der Waals surface area contributed by atoms with Gasteiger partial charge in [-0.25, -0.2) is 4.99 Å². The molecule has 158 valence electrons. The van der Waals surface area contributed by atoms with Crippen molar-refractivity contribution in [3.8, 4) is 0 Å². The van der Waals surface area contributed by atoms with Crippen LogP contribution in [-0.4, -0.2) is 37.7 Å². The lowest BCUT2D eigenvalue weighted by atomic mass is 10.2. The first-order valence-electron chi connectivity index (χ1n) is 9.80. The number of furan rings is 1. The lowest BCUT2D eigenvalue weighted by Crippen LogP contribution is -2.38. The number of ether oxygens (including phenoxy) is 1. The molecule has 0 saturated carbocycles. The Bertz CT molecular complexity index is 774. The predicted octanol–water partition coefficient (Wildman–Crippen LogP) is 3.31. The molecule has 3 N–H and O–H groups in total. The number of hydrogen-bond acceptors (Lipinski definition) is 4. The van der Waals surface area contributed by atoms with E-state index >= 15 is 0 Å². The zero-order valence-electron chi connectivity index (χ0n) is 16.6. The molecule has 0 radical (unpaired) electrons. The molecule has 29 heavy (non-hydrogen) atoms. The minimum atomic E-state index is -0.333.